The Kier molecular flexibility index (Phi) is 4.74. The van der Waals surface area contributed by atoms with Crippen molar-refractivity contribution in [1.29, 1.82) is 0 Å². The Morgan fingerprint density at radius 3 is 2.33 bits per heavy atom. The van der Waals surface area contributed by atoms with E-state index in [0.717, 1.165) is 19.1 Å². The molecule has 0 spiro atoms. The first-order chi connectivity index (χ1) is 9.59. The predicted molar refractivity (Wildman–Crippen MR) is 72.8 cm³/mol. The Bertz CT molecular complexity index is 604. The van der Waals surface area contributed by atoms with Gasteiger partial charge in [-0.2, -0.15) is 18.2 Å². The summed E-state index contributed by atoms with van der Waals surface area (Å²) in [5, 5.41) is 2.09. The molecule has 0 atom stereocenters. The molecule has 0 aliphatic carbocycles. The molecule has 0 radical (unpaired) electrons. The van der Waals surface area contributed by atoms with Crippen LogP contribution in [0, 0.1) is 0 Å². The van der Waals surface area contributed by atoms with E-state index in [1.165, 1.54) is 6.07 Å². The van der Waals surface area contributed by atoms with Crippen molar-refractivity contribution in [3.05, 3.63) is 23.8 Å². The number of benzene rings is 1. The fourth-order valence-electron chi connectivity index (χ4n) is 1.42. The molecule has 21 heavy (non-hydrogen) atoms. The fourth-order valence-corrected chi connectivity index (χ4v) is 1.42. The van der Waals surface area contributed by atoms with Crippen molar-refractivity contribution in [3.63, 3.8) is 0 Å². The third kappa shape index (κ3) is 5.01. The molecule has 0 bridgehead atoms. The van der Waals surface area contributed by atoms with Gasteiger partial charge < -0.3 is 22.5 Å². The number of halogens is 3. The summed E-state index contributed by atoms with van der Waals surface area (Å²) in [7, 11) is 0. The maximum atomic E-state index is 12.9. The zero-order chi connectivity index (χ0) is 16.2. The third-order valence-electron chi connectivity index (χ3n) is 2.11. The number of nitrogens with zero attached hydrogens (tertiary/aromatic N) is 2. The minimum atomic E-state index is -4.67. The van der Waals surface area contributed by atoms with Crippen LogP contribution in [0.25, 0.3) is 0 Å². The molecule has 0 aromatic heterocycles. The molecule has 0 saturated heterocycles. The highest BCUT2D eigenvalue weighted by Crippen LogP contribution is 2.37. The van der Waals surface area contributed by atoms with Gasteiger partial charge in [0.15, 0.2) is 5.96 Å². The van der Waals surface area contributed by atoms with Crippen molar-refractivity contribution in [2.45, 2.75) is 13.1 Å². The monoisotopic (exact) mass is 302 g/mol. The van der Waals surface area contributed by atoms with Gasteiger partial charge in [-0.15, -0.1) is 0 Å². The van der Waals surface area contributed by atoms with E-state index in [-0.39, 0.29) is 17.3 Å². The summed E-state index contributed by atoms with van der Waals surface area (Å²) in [4.78, 5) is 17.9. The van der Waals surface area contributed by atoms with E-state index in [9.17, 15) is 18.0 Å². The number of hydrogen-bond donors (Lipinski definition) is 4. The van der Waals surface area contributed by atoms with E-state index in [1.54, 1.807) is 0 Å². The molecule has 0 saturated carbocycles. The predicted octanol–water partition coefficient (Wildman–Crippen LogP) is 0.883. The minimum absolute atomic E-state index is 0.112. The van der Waals surface area contributed by atoms with Crippen LogP contribution in [-0.2, 0) is 11.0 Å². The van der Waals surface area contributed by atoms with Gasteiger partial charge in [0.1, 0.15) is 0 Å². The van der Waals surface area contributed by atoms with Crippen molar-refractivity contribution in [3.8, 4) is 0 Å². The number of carbonyl (C=O) groups excluding carboxylic acids is 1. The van der Waals surface area contributed by atoms with Gasteiger partial charge in [0, 0.05) is 6.92 Å². The number of carbonyl (C=O) groups is 1. The summed E-state index contributed by atoms with van der Waals surface area (Å²) in [6.45, 7) is 1.10. The lowest BCUT2D eigenvalue weighted by atomic mass is 10.1. The van der Waals surface area contributed by atoms with Gasteiger partial charge in [0.25, 0.3) is 0 Å². The largest absolute Gasteiger partial charge is 0.418 e. The summed E-state index contributed by atoms with van der Waals surface area (Å²) < 4.78 is 38.8. The van der Waals surface area contributed by atoms with Crippen molar-refractivity contribution in [2.24, 2.45) is 27.2 Å². The Balaban J connectivity index is 3.28. The number of anilines is 1. The summed E-state index contributed by atoms with van der Waals surface area (Å²) in [5.74, 6) is -1.39. The van der Waals surface area contributed by atoms with Gasteiger partial charge in [-0.05, 0) is 18.2 Å². The molecular weight excluding hydrogens is 289 g/mol. The number of rotatable bonds is 2. The van der Waals surface area contributed by atoms with Gasteiger partial charge in [-0.3, -0.25) is 4.79 Å². The smallest absolute Gasteiger partial charge is 0.370 e. The van der Waals surface area contributed by atoms with Crippen LogP contribution >= 0.6 is 0 Å². The maximum Gasteiger partial charge on any atom is 0.418 e. The van der Waals surface area contributed by atoms with E-state index >= 15 is 0 Å². The van der Waals surface area contributed by atoms with Crippen LogP contribution in [0.4, 0.5) is 24.5 Å². The first kappa shape index (κ1) is 16.3. The number of nitrogens with two attached hydrogens (primary N) is 3. The molecule has 0 fully saturated rings. The van der Waals surface area contributed by atoms with Crippen molar-refractivity contribution < 1.29 is 18.0 Å². The Morgan fingerprint density at radius 1 is 1.24 bits per heavy atom. The highest BCUT2D eigenvalue weighted by Gasteiger charge is 2.34. The topological polar surface area (TPSA) is 132 Å². The summed E-state index contributed by atoms with van der Waals surface area (Å²) in [6, 6.07) is 3.02. The molecule has 1 aromatic rings. The normalized spacial score (nSPS) is 11.9. The molecule has 1 rings (SSSR count). The van der Waals surface area contributed by atoms with Gasteiger partial charge in [-0.25, -0.2) is 4.99 Å². The van der Waals surface area contributed by atoms with Crippen LogP contribution in [0.1, 0.15) is 12.5 Å². The maximum absolute atomic E-state index is 12.9. The quantitative estimate of drug-likeness (QED) is 0.477. The fraction of sp³-hybridized carbons (Fsp3) is 0.182. The SMILES string of the molecule is CC(=O)Nc1ccc(N=C(N)N=C(N)N)cc1C(F)(F)F. The molecule has 7 N–H and O–H groups in total. The zero-order valence-corrected chi connectivity index (χ0v) is 10.9. The average molecular weight is 302 g/mol. The van der Waals surface area contributed by atoms with E-state index < -0.39 is 23.6 Å². The molecule has 1 aromatic carbocycles. The standard InChI is InChI=1S/C11H13F3N6O/c1-5(21)18-8-3-2-6(4-7(8)11(12,13)14)19-10(17)20-9(15)16/h2-4H,1H3,(H,18,21)(H6,15,16,17,19,20). The van der Waals surface area contributed by atoms with Crippen LogP contribution in [0.15, 0.2) is 28.2 Å². The van der Waals surface area contributed by atoms with Crippen LogP contribution in [0.3, 0.4) is 0 Å². The van der Waals surface area contributed by atoms with E-state index in [2.05, 4.69) is 15.3 Å². The molecule has 10 heteroatoms. The summed E-state index contributed by atoms with van der Waals surface area (Å²) in [5.41, 5.74) is 13.9. The lowest BCUT2D eigenvalue weighted by Gasteiger charge is -2.13. The average Bonchev–Trinajstić information content (AvgIpc) is 2.27. The first-order valence-electron chi connectivity index (χ1n) is 5.52. The second-order valence-corrected chi connectivity index (χ2v) is 3.92. The second-order valence-electron chi connectivity index (χ2n) is 3.92. The molecule has 0 aliphatic heterocycles. The molecular formula is C11H13F3N6O. The van der Waals surface area contributed by atoms with Crippen molar-refractivity contribution in [2.75, 3.05) is 5.32 Å². The lowest BCUT2D eigenvalue weighted by Crippen LogP contribution is -2.26. The number of alkyl halides is 3. The van der Waals surface area contributed by atoms with E-state index in [1.807, 2.05) is 0 Å². The van der Waals surface area contributed by atoms with Gasteiger partial charge in [0.2, 0.25) is 11.9 Å². The molecule has 114 valence electrons. The Hall–Kier alpha value is -2.78. The summed E-state index contributed by atoms with van der Waals surface area (Å²) >= 11 is 0. The Labute approximate surface area is 117 Å². The molecule has 0 aliphatic rings. The number of amides is 1. The summed E-state index contributed by atoms with van der Waals surface area (Å²) in [6.07, 6.45) is -4.67. The highest BCUT2D eigenvalue weighted by atomic mass is 19.4. The van der Waals surface area contributed by atoms with Gasteiger partial charge >= 0.3 is 6.18 Å². The van der Waals surface area contributed by atoms with E-state index in [4.69, 9.17) is 17.2 Å². The molecule has 0 unspecified atom stereocenters. The van der Waals surface area contributed by atoms with Crippen molar-refractivity contribution in [1.82, 2.24) is 0 Å². The molecule has 0 heterocycles. The van der Waals surface area contributed by atoms with Crippen LogP contribution in [0.2, 0.25) is 0 Å². The lowest BCUT2D eigenvalue weighted by molar-refractivity contribution is -0.136. The first-order valence-corrected chi connectivity index (χ1v) is 5.52. The number of aliphatic imine (C=N–C) groups is 2. The third-order valence-corrected chi connectivity index (χ3v) is 2.11. The van der Waals surface area contributed by atoms with Crippen molar-refractivity contribution >= 4 is 29.2 Å². The minimum Gasteiger partial charge on any atom is -0.370 e. The number of guanidine groups is 2. The van der Waals surface area contributed by atoms with Crippen LogP contribution < -0.4 is 22.5 Å². The van der Waals surface area contributed by atoms with E-state index in [0.29, 0.717) is 0 Å². The van der Waals surface area contributed by atoms with Gasteiger partial charge in [0.05, 0.1) is 16.9 Å². The zero-order valence-electron chi connectivity index (χ0n) is 10.9. The Morgan fingerprint density at radius 2 is 1.86 bits per heavy atom. The van der Waals surface area contributed by atoms with Crippen LogP contribution in [-0.4, -0.2) is 17.8 Å². The number of hydrogen-bond acceptors (Lipinski definition) is 2. The molecule has 1 amide bonds. The highest BCUT2D eigenvalue weighted by molar-refractivity contribution is 5.94. The number of nitrogens with one attached hydrogen (secondary N) is 1. The van der Waals surface area contributed by atoms with Gasteiger partial charge in [-0.1, -0.05) is 0 Å². The van der Waals surface area contributed by atoms with Crippen LogP contribution in [0.5, 0.6) is 0 Å². The molecule has 7 nitrogen and oxygen atoms in total. The second kappa shape index (κ2) is 6.11.